The second-order valence-corrected chi connectivity index (χ2v) is 10.5. The number of nitrogens with zero attached hydrogens (tertiary/aromatic N) is 4. The van der Waals surface area contributed by atoms with Crippen molar-refractivity contribution in [1.29, 1.82) is 5.26 Å². The summed E-state index contributed by atoms with van der Waals surface area (Å²) in [6.07, 6.45) is 5.02. The van der Waals surface area contributed by atoms with Crippen molar-refractivity contribution in [2.24, 2.45) is 11.8 Å². The number of imidazole rings is 1. The van der Waals surface area contributed by atoms with Crippen LogP contribution in [0.5, 0.6) is 0 Å². The molecule has 1 fully saturated rings. The Bertz CT molecular complexity index is 1400. The molecule has 2 aromatic heterocycles. The quantitative estimate of drug-likeness (QED) is 0.314. The van der Waals surface area contributed by atoms with Gasteiger partial charge in [-0.3, -0.25) is 4.79 Å². The predicted octanol–water partition coefficient (Wildman–Crippen LogP) is 1.25. The Morgan fingerprint density at radius 3 is 2.68 bits per heavy atom. The van der Waals surface area contributed by atoms with Crippen LogP contribution in [0.2, 0.25) is 0 Å². The molecule has 0 bridgehead atoms. The lowest BCUT2D eigenvalue weighted by Crippen LogP contribution is -2.64. The van der Waals surface area contributed by atoms with E-state index in [0.717, 1.165) is 20.3 Å². The van der Waals surface area contributed by atoms with Gasteiger partial charge in [0.05, 0.1) is 46.2 Å². The smallest absolute Gasteiger partial charge is 0.250 e. The van der Waals surface area contributed by atoms with Crippen LogP contribution in [0.1, 0.15) is 29.9 Å². The Morgan fingerprint density at radius 2 is 2.09 bits per heavy atom. The summed E-state index contributed by atoms with van der Waals surface area (Å²) >= 11 is 3.08. The fraction of sp³-hybridized carbons (Fsp3) is 0.333. The van der Waals surface area contributed by atoms with Crippen LogP contribution in [0.4, 0.5) is 0 Å². The lowest BCUT2D eigenvalue weighted by Gasteiger charge is -2.47. The number of aliphatic hydroxyl groups excluding tert-OH is 1. The van der Waals surface area contributed by atoms with Gasteiger partial charge in [0.2, 0.25) is 15.8 Å². The Kier molecular flexibility index (Phi) is 5.51. The number of aliphatic hydroxyl groups is 1. The summed E-state index contributed by atoms with van der Waals surface area (Å²) in [7, 11) is 0. The first-order chi connectivity index (χ1) is 16.3. The zero-order valence-electron chi connectivity index (χ0n) is 18.8. The van der Waals surface area contributed by atoms with Gasteiger partial charge >= 0.3 is 0 Å². The van der Waals surface area contributed by atoms with Gasteiger partial charge in [0, 0.05) is 11.5 Å². The van der Waals surface area contributed by atoms with Crippen LogP contribution in [0.3, 0.4) is 0 Å². The number of thioether (sulfide) groups is 1. The molecule has 8 nitrogen and oxygen atoms in total. The van der Waals surface area contributed by atoms with E-state index in [2.05, 4.69) is 10.6 Å². The van der Waals surface area contributed by atoms with E-state index < -0.39 is 18.0 Å². The van der Waals surface area contributed by atoms with E-state index >= 15 is 0 Å². The number of aromatic nitrogens is 2. The molecule has 174 valence electrons. The van der Waals surface area contributed by atoms with Crippen LogP contribution in [-0.2, 0) is 16.1 Å². The van der Waals surface area contributed by atoms with E-state index in [-0.39, 0.29) is 23.6 Å². The topological polar surface area (TPSA) is 113 Å². The van der Waals surface area contributed by atoms with Crippen LogP contribution in [0.15, 0.2) is 47.5 Å². The van der Waals surface area contributed by atoms with Gasteiger partial charge in [-0.25, -0.2) is 4.57 Å². The van der Waals surface area contributed by atoms with Gasteiger partial charge in [0.25, 0.3) is 6.33 Å². The Labute approximate surface area is 204 Å². The highest BCUT2D eigenvalue weighted by atomic mass is 32.2. The first kappa shape index (κ1) is 22.7. The van der Waals surface area contributed by atoms with Crippen molar-refractivity contribution < 1.29 is 24.4 Å². The number of carbonyl (C=O) groups excluding carboxylic acids is 2. The summed E-state index contributed by atoms with van der Waals surface area (Å²) in [5, 5.41) is 32.2. The van der Waals surface area contributed by atoms with Crippen molar-refractivity contribution in [2.45, 2.75) is 37.6 Å². The minimum absolute atomic E-state index is 0.0833. The van der Waals surface area contributed by atoms with Gasteiger partial charge in [-0.1, -0.05) is 42.2 Å². The number of thiazole rings is 1. The van der Waals surface area contributed by atoms with Gasteiger partial charge in [-0.2, -0.15) is 9.66 Å². The van der Waals surface area contributed by atoms with Crippen molar-refractivity contribution in [2.75, 3.05) is 6.26 Å². The number of β-lactam (4-membered cyclic amide) rings is 1. The molecule has 10 heteroatoms. The van der Waals surface area contributed by atoms with Crippen molar-refractivity contribution >= 4 is 45.4 Å². The van der Waals surface area contributed by atoms with Crippen molar-refractivity contribution in [1.82, 2.24) is 9.30 Å². The summed E-state index contributed by atoms with van der Waals surface area (Å²) in [5.41, 5.74) is 2.18. The maximum Gasteiger partial charge on any atom is 0.250 e. The van der Waals surface area contributed by atoms with Gasteiger partial charge in [0.15, 0.2) is 0 Å². The number of amides is 1. The van der Waals surface area contributed by atoms with Crippen LogP contribution in [0.25, 0.3) is 10.4 Å². The molecule has 5 rings (SSSR count). The van der Waals surface area contributed by atoms with Crippen LogP contribution < -0.4 is 9.67 Å². The highest BCUT2D eigenvalue weighted by molar-refractivity contribution is 7.98. The summed E-state index contributed by atoms with van der Waals surface area (Å²) in [5.74, 6) is -2.59. The van der Waals surface area contributed by atoms with E-state index in [0.29, 0.717) is 17.7 Å². The number of nitriles is 1. The van der Waals surface area contributed by atoms with E-state index in [1.54, 1.807) is 30.8 Å². The average molecular weight is 495 g/mol. The predicted molar refractivity (Wildman–Crippen MR) is 124 cm³/mol. The molecule has 2 aliphatic heterocycles. The molecule has 1 saturated heterocycles. The number of rotatable bonds is 6. The standard InChI is InChI=1S/C24H22N4O4S2/c1-12-17(20(24(31)32)28-19(12)18(13(2)29)21(28)30)16-10-27-11-26(22(33-3)23(27)34-16)9-15-6-4-14(8-25)5-7-15/h4-7,10-13,18-19,29H,9H2,1-3H3/t12-,13+,18+,19+/m0/s1. The number of benzene rings is 1. The molecule has 1 amide bonds. The molecule has 0 radical (unpaired) electrons. The van der Waals surface area contributed by atoms with E-state index in [9.17, 15) is 19.8 Å². The number of carboxylic acids is 1. The number of carboxylic acid groups (broad SMARTS) is 1. The van der Waals surface area contributed by atoms with E-state index in [1.165, 1.54) is 16.2 Å². The summed E-state index contributed by atoms with van der Waals surface area (Å²) in [6.45, 7) is 4.10. The fourth-order valence-corrected chi connectivity index (χ4v) is 7.32. The lowest BCUT2D eigenvalue weighted by molar-refractivity contribution is -0.721. The van der Waals surface area contributed by atoms with Gasteiger partial charge in [0.1, 0.15) is 12.7 Å². The third-order valence-electron chi connectivity index (χ3n) is 6.67. The summed E-state index contributed by atoms with van der Waals surface area (Å²) in [4.78, 5) is 27.7. The highest BCUT2D eigenvalue weighted by Gasteiger charge is 2.59. The zero-order valence-corrected chi connectivity index (χ0v) is 20.4. The molecular formula is C24H22N4O4S2. The lowest BCUT2D eigenvalue weighted by atomic mass is 9.77. The van der Waals surface area contributed by atoms with E-state index in [1.807, 2.05) is 42.2 Å². The molecule has 1 aromatic carbocycles. The summed E-state index contributed by atoms with van der Waals surface area (Å²) in [6, 6.07) is 9.21. The Balaban J connectivity index is 1.54. The van der Waals surface area contributed by atoms with Gasteiger partial charge < -0.3 is 19.9 Å². The molecule has 4 heterocycles. The second kappa shape index (κ2) is 8.27. The third kappa shape index (κ3) is 3.27. The molecule has 0 spiro atoms. The van der Waals surface area contributed by atoms with Crippen LogP contribution >= 0.6 is 23.1 Å². The van der Waals surface area contributed by atoms with E-state index in [4.69, 9.17) is 5.26 Å². The molecule has 0 saturated carbocycles. The molecule has 2 aliphatic rings. The molecular weight excluding hydrogens is 472 g/mol. The average Bonchev–Trinajstić information content (AvgIpc) is 3.41. The number of aliphatic carboxylic acids is 1. The van der Waals surface area contributed by atoms with Crippen molar-refractivity contribution in [3.05, 3.63) is 58.5 Å². The zero-order chi connectivity index (χ0) is 24.3. The first-order valence-corrected chi connectivity index (χ1v) is 12.8. The first-order valence-electron chi connectivity index (χ1n) is 10.8. The molecule has 4 atom stereocenters. The van der Waals surface area contributed by atoms with Crippen molar-refractivity contribution in [3.63, 3.8) is 0 Å². The van der Waals surface area contributed by atoms with Crippen LogP contribution in [-0.4, -0.2) is 44.7 Å². The fourth-order valence-electron chi connectivity index (χ4n) is 5.14. The molecule has 0 unspecified atom stereocenters. The number of fused-ring (bicyclic) bond motifs is 2. The second-order valence-electron chi connectivity index (χ2n) is 8.67. The van der Waals surface area contributed by atoms with Gasteiger partial charge in [-0.05, 0) is 30.9 Å². The number of hydrogen-bond donors (Lipinski definition) is 1. The Hall–Kier alpha value is -3.13. The largest absolute Gasteiger partial charge is 0.543 e. The highest BCUT2D eigenvalue weighted by Crippen LogP contribution is 2.51. The minimum Gasteiger partial charge on any atom is -0.543 e. The molecule has 3 aromatic rings. The van der Waals surface area contributed by atoms with Crippen molar-refractivity contribution in [3.8, 4) is 6.07 Å². The number of carbonyl (C=O) groups is 2. The third-order valence-corrected chi connectivity index (χ3v) is 8.75. The monoisotopic (exact) mass is 494 g/mol. The molecule has 34 heavy (non-hydrogen) atoms. The minimum atomic E-state index is -1.37. The molecule has 1 N–H and O–H groups in total. The Morgan fingerprint density at radius 1 is 1.38 bits per heavy atom. The maximum atomic E-state index is 12.6. The van der Waals surface area contributed by atoms with Gasteiger partial charge in [-0.15, -0.1) is 0 Å². The molecule has 0 aliphatic carbocycles. The SMILES string of the molecule is CSc1c2sc(C3=C(C(=O)[O-])N4C(=O)[C@H]([C@@H](C)O)[C@H]4[C@H]3C)cn2c[n+]1Cc1ccc(C#N)cc1. The number of hydrogen-bond acceptors (Lipinski definition) is 7. The normalized spacial score (nSPS) is 22.6. The van der Waals surface area contributed by atoms with Crippen LogP contribution in [0, 0.1) is 23.2 Å². The maximum absolute atomic E-state index is 12.6. The summed E-state index contributed by atoms with van der Waals surface area (Å²) < 4.78 is 4.10.